The quantitative estimate of drug-likeness (QED) is 0.263. The zero-order valence-corrected chi connectivity index (χ0v) is 23.8. The molecule has 0 fully saturated rings. The first-order valence-corrected chi connectivity index (χ1v) is 14.0. The average molecular weight is 553 g/mol. The van der Waals surface area contributed by atoms with Gasteiger partial charge >= 0.3 is 0 Å². The molecule has 2 aliphatic heterocycles. The maximum atomic E-state index is 5.44. The van der Waals surface area contributed by atoms with Crippen molar-refractivity contribution in [3.05, 3.63) is 95.1 Å². The molecule has 0 saturated heterocycles. The van der Waals surface area contributed by atoms with Crippen molar-refractivity contribution in [2.75, 3.05) is 49.6 Å². The highest BCUT2D eigenvalue weighted by atomic mass is 16.5. The van der Waals surface area contributed by atoms with E-state index in [1.807, 2.05) is 36.4 Å². The molecular formula is C32H36N6O3. The highest BCUT2D eigenvalue weighted by Gasteiger charge is 2.38. The SMILES string of the molecule is COc1ccc(CN2CCC3NN(Cc4ccccc4)c4nc(NCCc5cc(OC)cc(OC)c5)nc2c43)cc1. The zero-order valence-electron chi connectivity index (χ0n) is 23.8. The molecule has 2 N–H and O–H groups in total. The lowest BCUT2D eigenvalue weighted by Gasteiger charge is -2.32. The van der Waals surface area contributed by atoms with E-state index in [0.717, 1.165) is 66.9 Å². The van der Waals surface area contributed by atoms with Crippen LogP contribution in [0.3, 0.4) is 0 Å². The van der Waals surface area contributed by atoms with Gasteiger partial charge in [0.1, 0.15) is 23.1 Å². The van der Waals surface area contributed by atoms with Gasteiger partial charge in [-0.05, 0) is 53.8 Å². The molecule has 9 heteroatoms. The summed E-state index contributed by atoms with van der Waals surface area (Å²) in [7, 11) is 5.03. The summed E-state index contributed by atoms with van der Waals surface area (Å²) in [5, 5.41) is 5.67. The highest BCUT2D eigenvalue weighted by molar-refractivity contribution is 5.68. The van der Waals surface area contributed by atoms with Gasteiger partial charge in [0.05, 0.1) is 39.5 Å². The number of hydrogen-bond donors (Lipinski definition) is 2. The van der Waals surface area contributed by atoms with Gasteiger partial charge in [-0.3, -0.25) is 5.01 Å². The molecule has 212 valence electrons. The summed E-state index contributed by atoms with van der Waals surface area (Å²) < 4.78 is 16.2. The van der Waals surface area contributed by atoms with Gasteiger partial charge in [0.25, 0.3) is 0 Å². The number of methoxy groups -OCH3 is 3. The first-order valence-electron chi connectivity index (χ1n) is 14.0. The molecule has 0 radical (unpaired) electrons. The highest BCUT2D eigenvalue weighted by Crippen LogP contribution is 2.44. The molecule has 1 aromatic heterocycles. The Morgan fingerprint density at radius 2 is 1.46 bits per heavy atom. The third kappa shape index (κ3) is 5.85. The van der Waals surface area contributed by atoms with Gasteiger partial charge in [-0.2, -0.15) is 9.97 Å². The Morgan fingerprint density at radius 3 is 2.17 bits per heavy atom. The smallest absolute Gasteiger partial charge is 0.226 e. The van der Waals surface area contributed by atoms with E-state index in [4.69, 9.17) is 24.2 Å². The molecule has 0 amide bonds. The molecule has 0 spiro atoms. The Balaban J connectivity index is 1.28. The molecule has 1 unspecified atom stereocenters. The van der Waals surface area contributed by atoms with Crippen LogP contribution in [0.25, 0.3) is 0 Å². The predicted octanol–water partition coefficient (Wildman–Crippen LogP) is 5.13. The second kappa shape index (κ2) is 11.9. The van der Waals surface area contributed by atoms with Crippen LogP contribution in [0.15, 0.2) is 72.8 Å². The van der Waals surface area contributed by atoms with Gasteiger partial charge < -0.3 is 24.4 Å². The van der Waals surface area contributed by atoms with E-state index in [2.05, 4.69) is 57.0 Å². The maximum Gasteiger partial charge on any atom is 0.226 e. The Hall–Kier alpha value is -4.50. The lowest BCUT2D eigenvalue weighted by atomic mass is 10.0. The minimum absolute atomic E-state index is 0.189. The number of nitrogens with zero attached hydrogens (tertiary/aromatic N) is 4. The summed E-state index contributed by atoms with van der Waals surface area (Å²) in [6, 6.07) is 24.9. The molecule has 2 aliphatic rings. The third-order valence-corrected chi connectivity index (χ3v) is 7.63. The zero-order chi connectivity index (χ0) is 28.2. The van der Waals surface area contributed by atoms with E-state index in [0.29, 0.717) is 12.5 Å². The first kappa shape index (κ1) is 26.7. The molecule has 3 heterocycles. The van der Waals surface area contributed by atoms with E-state index in [1.54, 1.807) is 21.3 Å². The molecule has 9 nitrogen and oxygen atoms in total. The molecule has 0 aliphatic carbocycles. The molecule has 4 aromatic rings. The summed E-state index contributed by atoms with van der Waals surface area (Å²) >= 11 is 0. The van der Waals surface area contributed by atoms with Crippen LogP contribution in [-0.2, 0) is 19.5 Å². The van der Waals surface area contributed by atoms with Crippen LogP contribution in [-0.4, -0.2) is 44.4 Å². The third-order valence-electron chi connectivity index (χ3n) is 7.63. The number of rotatable bonds is 11. The molecule has 1 atom stereocenters. The van der Waals surface area contributed by atoms with E-state index >= 15 is 0 Å². The normalized spacial score (nSPS) is 15.4. The van der Waals surface area contributed by atoms with E-state index in [1.165, 1.54) is 16.7 Å². The van der Waals surface area contributed by atoms with Crippen molar-refractivity contribution in [3.8, 4) is 17.2 Å². The van der Waals surface area contributed by atoms with Crippen LogP contribution >= 0.6 is 0 Å². The lowest BCUT2D eigenvalue weighted by Crippen LogP contribution is -2.37. The molecule has 3 aromatic carbocycles. The standard InChI is InChI=1S/C32H36N6O3/c1-39-25-11-9-23(10-12-25)20-37-16-14-28-29-30(37)34-32(33-15-13-24-17-26(40-2)19-27(18-24)41-3)35-31(29)38(36-28)21-22-7-5-4-6-8-22/h4-12,17-19,28,36H,13-16,20-21H2,1-3H3,(H,33,34,35). The van der Waals surface area contributed by atoms with Gasteiger partial charge in [0, 0.05) is 25.7 Å². The second-order valence-electron chi connectivity index (χ2n) is 10.3. The Morgan fingerprint density at radius 1 is 0.780 bits per heavy atom. The maximum absolute atomic E-state index is 5.44. The van der Waals surface area contributed by atoms with Gasteiger partial charge in [-0.25, -0.2) is 5.43 Å². The number of anilines is 3. The number of hydrazine groups is 1. The predicted molar refractivity (Wildman–Crippen MR) is 161 cm³/mol. The fourth-order valence-electron chi connectivity index (χ4n) is 5.52. The minimum atomic E-state index is 0.189. The molecule has 0 bridgehead atoms. The topological polar surface area (TPSA) is 84.0 Å². The average Bonchev–Trinajstić information content (AvgIpc) is 3.36. The molecule has 6 rings (SSSR count). The monoisotopic (exact) mass is 552 g/mol. The van der Waals surface area contributed by atoms with Crippen LogP contribution < -0.4 is 34.9 Å². The second-order valence-corrected chi connectivity index (χ2v) is 10.3. The minimum Gasteiger partial charge on any atom is -0.497 e. The Kier molecular flexibility index (Phi) is 7.78. The summed E-state index contributed by atoms with van der Waals surface area (Å²) in [6.07, 6.45) is 1.75. The van der Waals surface area contributed by atoms with Crippen molar-refractivity contribution in [1.82, 2.24) is 15.4 Å². The van der Waals surface area contributed by atoms with Crippen molar-refractivity contribution < 1.29 is 14.2 Å². The molecular weight excluding hydrogens is 516 g/mol. The van der Waals surface area contributed by atoms with Crippen molar-refractivity contribution in [3.63, 3.8) is 0 Å². The number of nitrogens with one attached hydrogen (secondary N) is 2. The van der Waals surface area contributed by atoms with Crippen molar-refractivity contribution >= 4 is 17.6 Å². The van der Waals surface area contributed by atoms with Crippen molar-refractivity contribution in [2.45, 2.75) is 32.0 Å². The van der Waals surface area contributed by atoms with Crippen LogP contribution in [0.4, 0.5) is 17.6 Å². The number of ether oxygens (including phenoxy) is 3. The Bertz CT molecular complexity index is 1460. The van der Waals surface area contributed by atoms with Crippen LogP contribution in [0.5, 0.6) is 17.2 Å². The Labute approximate surface area is 241 Å². The van der Waals surface area contributed by atoms with E-state index in [-0.39, 0.29) is 6.04 Å². The van der Waals surface area contributed by atoms with Gasteiger partial charge in [-0.15, -0.1) is 0 Å². The summed E-state index contributed by atoms with van der Waals surface area (Å²) in [4.78, 5) is 12.5. The van der Waals surface area contributed by atoms with Crippen LogP contribution in [0.1, 0.15) is 34.7 Å². The number of benzene rings is 3. The van der Waals surface area contributed by atoms with E-state index < -0.39 is 0 Å². The summed E-state index contributed by atoms with van der Waals surface area (Å²) in [5.41, 5.74) is 8.44. The fraction of sp³-hybridized carbons (Fsp3) is 0.312. The van der Waals surface area contributed by atoms with Crippen LogP contribution in [0, 0.1) is 0 Å². The van der Waals surface area contributed by atoms with Gasteiger partial charge in [-0.1, -0.05) is 42.5 Å². The van der Waals surface area contributed by atoms with Gasteiger partial charge in [0.15, 0.2) is 5.82 Å². The molecule has 41 heavy (non-hydrogen) atoms. The van der Waals surface area contributed by atoms with Gasteiger partial charge in [0.2, 0.25) is 5.95 Å². The summed E-state index contributed by atoms with van der Waals surface area (Å²) in [5.74, 6) is 4.96. The fourth-order valence-corrected chi connectivity index (χ4v) is 5.52. The van der Waals surface area contributed by atoms with Crippen LogP contribution in [0.2, 0.25) is 0 Å². The van der Waals surface area contributed by atoms with E-state index in [9.17, 15) is 0 Å². The molecule has 0 saturated carbocycles. The summed E-state index contributed by atoms with van der Waals surface area (Å²) in [6.45, 7) is 3.06. The van der Waals surface area contributed by atoms with Crippen molar-refractivity contribution in [1.29, 1.82) is 0 Å². The largest absolute Gasteiger partial charge is 0.497 e. The van der Waals surface area contributed by atoms with Crippen molar-refractivity contribution in [2.24, 2.45) is 0 Å². The first-order chi connectivity index (χ1) is 20.1. The number of aromatic nitrogens is 2. The number of hydrogen-bond acceptors (Lipinski definition) is 9. The lowest BCUT2D eigenvalue weighted by molar-refractivity contribution is 0.393.